The number of aromatic amines is 2. The van der Waals surface area contributed by atoms with E-state index in [2.05, 4.69) is 69.1 Å². The first-order valence-electron chi connectivity index (χ1n) is 19.8. The van der Waals surface area contributed by atoms with Crippen molar-refractivity contribution < 1.29 is 19.2 Å². The number of amides is 4. The van der Waals surface area contributed by atoms with Crippen LogP contribution in [0.25, 0.3) is 33.6 Å². The lowest BCUT2D eigenvalue weighted by molar-refractivity contribution is -0.137. The Morgan fingerprint density at radius 3 is 1.28 bits per heavy atom. The molecular formula is C46H46N8O4. The number of likely N-dealkylation sites (tertiary alicyclic amines) is 2. The molecule has 2 aliphatic rings. The number of nitrogens with zero attached hydrogens (tertiary/aromatic N) is 4. The summed E-state index contributed by atoms with van der Waals surface area (Å²) in [4.78, 5) is 71.8. The second-order valence-corrected chi connectivity index (χ2v) is 15.0. The minimum atomic E-state index is -0.760. The SMILES string of the molecule is CC(=O)N[C@@H](C(=O)N1CCC[C@H]1c1ncc(-c2ccc(-c3ccc(-c4cnc([C@@H]5CCCN5C(=O)[C@H](NC(C)=O)c5ccccc5)[nH]4)cc3)cc2)[nH]1)c1ccccc1. The van der Waals surface area contributed by atoms with Gasteiger partial charge in [0.25, 0.3) is 0 Å². The highest BCUT2D eigenvalue weighted by Gasteiger charge is 2.38. The van der Waals surface area contributed by atoms with E-state index in [9.17, 15) is 19.2 Å². The molecule has 0 aliphatic carbocycles. The van der Waals surface area contributed by atoms with Gasteiger partial charge in [0, 0.05) is 26.9 Å². The molecule has 2 fully saturated rings. The Bertz CT molecular complexity index is 2220. The average molecular weight is 775 g/mol. The molecule has 0 radical (unpaired) electrons. The number of hydrogen-bond donors (Lipinski definition) is 4. The lowest BCUT2D eigenvalue weighted by Crippen LogP contribution is -2.42. The summed E-state index contributed by atoms with van der Waals surface area (Å²) in [6, 6.07) is 33.3. The highest BCUT2D eigenvalue weighted by atomic mass is 16.2. The highest BCUT2D eigenvalue weighted by molar-refractivity contribution is 5.89. The minimum absolute atomic E-state index is 0.144. The second-order valence-electron chi connectivity index (χ2n) is 15.0. The third-order valence-corrected chi connectivity index (χ3v) is 11.1. The van der Waals surface area contributed by atoms with E-state index in [4.69, 9.17) is 9.97 Å². The van der Waals surface area contributed by atoms with E-state index in [-0.39, 0.29) is 35.7 Å². The number of aromatic nitrogens is 4. The quantitative estimate of drug-likeness (QED) is 0.109. The molecule has 4 atom stereocenters. The summed E-state index contributed by atoms with van der Waals surface area (Å²) in [5.74, 6) is 0.650. The van der Waals surface area contributed by atoms with Gasteiger partial charge in [0.2, 0.25) is 23.6 Å². The molecule has 0 spiro atoms. The molecule has 2 saturated heterocycles. The number of nitrogens with one attached hydrogen (secondary N) is 4. The molecule has 58 heavy (non-hydrogen) atoms. The first kappa shape index (κ1) is 38.1. The van der Waals surface area contributed by atoms with Gasteiger partial charge in [-0.1, -0.05) is 109 Å². The largest absolute Gasteiger partial charge is 0.341 e. The van der Waals surface area contributed by atoms with E-state index >= 15 is 0 Å². The van der Waals surface area contributed by atoms with Crippen LogP contribution in [0.2, 0.25) is 0 Å². The van der Waals surface area contributed by atoms with Crippen LogP contribution < -0.4 is 10.6 Å². The van der Waals surface area contributed by atoms with Gasteiger partial charge in [-0.25, -0.2) is 9.97 Å². The maximum absolute atomic E-state index is 13.8. The molecule has 6 aromatic rings. The Morgan fingerprint density at radius 2 is 0.914 bits per heavy atom. The summed E-state index contributed by atoms with van der Waals surface area (Å²) < 4.78 is 0. The number of benzene rings is 4. The van der Waals surface area contributed by atoms with Crippen LogP contribution in [0, 0.1) is 0 Å². The van der Waals surface area contributed by atoms with Crippen LogP contribution in [-0.4, -0.2) is 66.5 Å². The summed E-state index contributed by atoms with van der Waals surface area (Å²) in [7, 11) is 0. The standard InChI is InChI=1S/C46H46N8O4/c1-29(55)49-41(35-11-5-3-6-12-35)45(57)53-25-9-15-39(53)43-47-27-37(51-43)33-21-17-31(18-22-33)32-19-23-34(24-20-32)38-28-48-44(52-38)40-16-10-26-54(40)46(58)42(50-30(2)56)36-13-7-4-8-14-36/h3-8,11-14,17-24,27-28,39-42H,9-10,15-16,25-26H2,1-2H3,(H,47,51)(H,48,52)(H,49,55)(H,50,56)/t39-,40-,41+,42+/m0/s1. The van der Waals surface area contributed by atoms with Crippen LogP contribution >= 0.6 is 0 Å². The van der Waals surface area contributed by atoms with Crippen LogP contribution in [-0.2, 0) is 19.2 Å². The van der Waals surface area contributed by atoms with Gasteiger partial charge in [-0.2, -0.15) is 0 Å². The lowest BCUT2D eigenvalue weighted by Gasteiger charge is -2.28. The Labute approximate surface area is 337 Å². The van der Waals surface area contributed by atoms with Crippen molar-refractivity contribution in [1.82, 2.24) is 40.4 Å². The Kier molecular flexibility index (Phi) is 11.0. The molecule has 0 saturated carbocycles. The van der Waals surface area contributed by atoms with Crippen LogP contribution in [0.5, 0.6) is 0 Å². The fourth-order valence-electron chi connectivity index (χ4n) is 8.22. The van der Waals surface area contributed by atoms with Crippen LogP contribution in [0.4, 0.5) is 0 Å². The first-order chi connectivity index (χ1) is 28.2. The molecule has 2 aliphatic heterocycles. The predicted molar refractivity (Wildman–Crippen MR) is 220 cm³/mol. The minimum Gasteiger partial charge on any atom is -0.341 e. The molecule has 4 aromatic carbocycles. The van der Waals surface area contributed by atoms with Crippen molar-refractivity contribution in [3.05, 3.63) is 144 Å². The van der Waals surface area contributed by atoms with Gasteiger partial charge >= 0.3 is 0 Å². The predicted octanol–water partition coefficient (Wildman–Crippen LogP) is 7.22. The fourth-order valence-corrected chi connectivity index (χ4v) is 8.22. The number of carbonyl (C=O) groups excluding carboxylic acids is 4. The monoisotopic (exact) mass is 774 g/mol. The number of imidazole rings is 2. The van der Waals surface area contributed by atoms with Crippen LogP contribution in [0.3, 0.4) is 0 Å². The second kappa shape index (κ2) is 16.7. The summed E-state index contributed by atoms with van der Waals surface area (Å²) >= 11 is 0. The molecule has 12 heteroatoms. The summed E-state index contributed by atoms with van der Waals surface area (Å²) in [6.07, 6.45) is 6.88. The van der Waals surface area contributed by atoms with E-state index in [1.165, 1.54) is 13.8 Å². The van der Waals surface area contributed by atoms with E-state index in [1.807, 2.05) is 82.9 Å². The molecule has 0 bridgehead atoms. The van der Waals surface area contributed by atoms with Crippen molar-refractivity contribution in [1.29, 1.82) is 0 Å². The zero-order valence-corrected chi connectivity index (χ0v) is 32.5. The smallest absolute Gasteiger partial charge is 0.250 e. The Balaban J connectivity index is 0.929. The third-order valence-electron chi connectivity index (χ3n) is 11.1. The maximum Gasteiger partial charge on any atom is 0.250 e. The molecule has 4 amide bonds. The summed E-state index contributed by atoms with van der Waals surface area (Å²) in [6.45, 7) is 4.04. The van der Waals surface area contributed by atoms with Gasteiger partial charge in [-0.05, 0) is 59.1 Å². The Hall–Kier alpha value is -6.82. The number of hydrogen-bond acceptors (Lipinski definition) is 6. The third kappa shape index (κ3) is 8.04. The van der Waals surface area contributed by atoms with E-state index in [1.54, 1.807) is 0 Å². The van der Waals surface area contributed by atoms with Gasteiger partial charge in [0.1, 0.15) is 23.7 Å². The van der Waals surface area contributed by atoms with Gasteiger partial charge < -0.3 is 30.4 Å². The van der Waals surface area contributed by atoms with E-state index < -0.39 is 12.1 Å². The van der Waals surface area contributed by atoms with Crippen molar-refractivity contribution >= 4 is 23.6 Å². The first-order valence-corrected chi connectivity index (χ1v) is 19.8. The van der Waals surface area contributed by atoms with Crippen molar-refractivity contribution in [3.63, 3.8) is 0 Å². The molecule has 8 rings (SSSR count). The van der Waals surface area contributed by atoms with Gasteiger partial charge in [-0.15, -0.1) is 0 Å². The summed E-state index contributed by atoms with van der Waals surface area (Å²) in [5, 5.41) is 5.69. The Morgan fingerprint density at radius 1 is 0.552 bits per heavy atom. The molecule has 294 valence electrons. The van der Waals surface area contributed by atoms with Gasteiger partial charge in [-0.3, -0.25) is 19.2 Å². The van der Waals surface area contributed by atoms with Crippen molar-refractivity contribution in [2.24, 2.45) is 0 Å². The molecule has 4 N–H and O–H groups in total. The van der Waals surface area contributed by atoms with Gasteiger partial charge in [0.15, 0.2) is 0 Å². The van der Waals surface area contributed by atoms with Crippen LogP contribution in [0.1, 0.15) is 86.5 Å². The molecule has 4 heterocycles. The van der Waals surface area contributed by atoms with Crippen molar-refractivity contribution in [3.8, 4) is 33.6 Å². The van der Waals surface area contributed by atoms with E-state index in [0.717, 1.165) is 82.1 Å². The molecule has 0 unspecified atom stereocenters. The fraction of sp³-hybridized carbons (Fsp3) is 0.261. The average Bonchev–Trinajstić information content (AvgIpc) is 4.09. The molecular weight excluding hydrogens is 729 g/mol. The lowest BCUT2D eigenvalue weighted by atomic mass is 10.0. The molecule has 2 aromatic heterocycles. The number of carbonyl (C=O) groups is 4. The number of H-pyrrole nitrogens is 2. The highest BCUT2D eigenvalue weighted by Crippen LogP contribution is 2.36. The van der Waals surface area contributed by atoms with Crippen molar-refractivity contribution in [2.75, 3.05) is 13.1 Å². The topological polar surface area (TPSA) is 156 Å². The van der Waals surface area contributed by atoms with Crippen molar-refractivity contribution in [2.45, 2.75) is 63.7 Å². The van der Waals surface area contributed by atoms with Crippen LogP contribution in [0.15, 0.2) is 122 Å². The number of rotatable bonds is 11. The normalized spacial score (nSPS) is 17.5. The maximum atomic E-state index is 13.8. The van der Waals surface area contributed by atoms with E-state index in [0.29, 0.717) is 13.1 Å². The zero-order valence-electron chi connectivity index (χ0n) is 32.5. The summed E-state index contributed by atoms with van der Waals surface area (Å²) in [5.41, 5.74) is 7.30. The van der Waals surface area contributed by atoms with Gasteiger partial charge in [0.05, 0.1) is 35.9 Å². The molecule has 12 nitrogen and oxygen atoms in total. The zero-order chi connectivity index (χ0) is 40.2.